The lowest BCUT2D eigenvalue weighted by Gasteiger charge is -2.34. The Balaban J connectivity index is 1.70. The average Bonchev–Trinajstić information content (AvgIpc) is 3.38. The third-order valence-electron chi connectivity index (χ3n) is 4.06. The molecule has 0 aromatic rings. The Morgan fingerprint density at radius 1 is 1.29 bits per heavy atom. The molecule has 2 fully saturated rings. The fourth-order valence-electron chi connectivity index (χ4n) is 2.53. The highest BCUT2D eigenvalue weighted by Crippen LogP contribution is 2.18. The Labute approximate surface area is 144 Å². The molecule has 2 aliphatic rings. The topological polar surface area (TPSA) is 72.8 Å². The molecule has 0 aromatic carbocycles. The number of carbonyl (C=O) groups is 1. The maximum absolute atomic E-state index is 10.3. The largest absolute Gasteiger partial charge is 0.387 e. The molecule has 0 amide bonds. The second kappa shape index (κ2) is 10.5. The van der Waals surface area contributed by atoms with Crippen LogP contribution >= 0.6 is 0 Å². The molecule has 136 valence electrons. The van der Waals surface area contributed by atoms with Crippen LogP contribution in [0.15, 0.2) is 10.2 Å². The maximum atomic E-state index is 10.3. The normalized spacial score (nSPS) is 20.9. The number of aldehydes is 1. The summed E-state index contributed by atoms with van der Waals surface area (Å²) in [5, 5.41) is 13.0. The highest BCUT2D eigenvalue weighted by Gasteiger charge is 2.23. The SMILES string of the molecule is CN(C)CCCN1CCN(O/C(CNC2CC2)=N\N=C\C=O)CC1. The molecule has 0 radical (unpaired) electrons. The van der Waals surface area contributed by atoms with Gasteiger partial charge in [-0.15, -0.1) is 10.2 Å². The van der Waals surface area contributed by atoms with Crippen LogP contribution in [0.25, 0.3) is 0 Å². The first kappa shape index (κ1) is 19.0. The van der Waals surface area contributed by atoms with E-state index in [0.717, 1.165) is 45.5 Å². The zero-order valence-corrected chi connectivity index (χ0v) is 14.9. The lowest BCUT2D eigenvalue weighted by molar-refractivity contribution is -0.103. The molecule has 8 nitrogen and oxygen atoms in total. The summed E-state index contributed by atoms with van der Waals surface area (Å²) in [5.41, 5.74) is 0. The third kappa shape index (κ3) is 7.96. The van der Waals surface area contributed by atoms with Gasteiger partial charge < -0.3 is 20.0 Å². The van der Waals surface area contributed by atoms with Gasteiger partial charge in [0, 0.05) is 32.2 Å². The summed E-state index contributed by atoms with van der Waals surface area (Å²) in [6.45, 7) is 6.48. The molecule has 8 heteroatoms. The Hall–Kier alpha value is -1.35. The molecule has 1 aliphatic heterocycles. The zero-order chi connectivity index (χ0) is 17.2. The number of hydrogen-bond acceptors (Lipinski definition) is 8. The Bertz CT molecular complexity index is 428. The van der Waals surface area contributed by atoms with Gasteiger partial charge in [0.2, 0.25) is 5.90 Å². The number of hydrogen-bond donors (Lipinski definition) is 1. The van der Waals surface area contributed by atoms with Crippen LogP contribution in [-0.2, 0) is 9.63 Å². The minimum absolute atomic E-state index is 0.515. The molecule has 2 rings (SSSR count). The second-order valence-electron chi connectivity index (χ2n) is 6.57. The van der Waals surface area contributed by atoms with E-state index >= 15 is 0 Å². The molecule has 1 heterocycles. The molecule has 0 aromatic heterocycles. The molecule has 1 saturated heterocycles. The molecule has 24 heavy (non-hydrogen) atoms. The lowest BCUT2D eigenvalue weighted by atomic mass is 10.3. The Morgan fingerprint density at radius 2 is 2.04 bits per heavy atom. The second-order valence-corrected chi connectivity index (χ2v) is 6.57. The Morgan fingerprint density at radius 3 is 2.67 bits per heavy atom. The first-order valence-electron chi connectivity index (χ1n) is 8.74. The van der Waals surface area contributed by atoms with Gasteiger partial charge in [0.25, 0.3) is 0 Å². The van der Waals surface area contributed by atoms with Crippen molar-refractivity contribution in [3.05, 3.63) is 0 Å². The van der Waals surface area contributed by atoms with Crippen molar-refractivity contribution in [1.82, 2.24) is 20.2 Å². The molecular formula is C16H30N6O2. The van der Waals surface area contributed by atoms with E-state index in [1.807, 2.05) is 5.06 Å². The number of rotatable bonds is 10. The summed E-state index contributed by atoms with van der Waals surface area (Å²) in [5.74, 6) is 0.515. The number of nitrogens with one attached hydrogen (secondary N) is 1. The van der Waals surface area contributed by atoms with Crippen LogP contribution < -0.4 is 5.32 Å². The van der Waals surface area contributed by atoms with E-state index in [1.54, 1.807) is 0 Å². The van der Waals surface area contributed by atoms with Gasteiger partial charge in [0.15, 0.2) is 6.29 Å². The van der Waals surface area contributed by atoms with Crippen LogP contribution in [0.3, 0.4) is 0 Å². The van der Waals surface area contributed by atoms with Crippen molar-refractivity contribution in [3.63, 3.8) is 0 Å². The number of carbonyl (C=O) groups excluding carboxylic acids is 1. The van der Waals surface area contributed by atoms with E-state index in [1.165, 1.54) is 19.3 Å². The van der Waals surface area contributed by atoms with Crippen LogP contribution in [0.2, 0.25) is 0 Å². The molecule has 0 spiro atoms. The predicted octanol–water partition coefficient (Wildman–Crippen LogP) is -0.177. The van der Waals surface area contributed by atoms with Crippen LogP contribution in [-0.4, -0.2) is 99.2 Å². The monoisotopic (exact) mass is 338 g/mol. The van der Waals surface area contributed by atoms with E-state index in [0.29, 0.717) is 24.8 Å². The molecule has 0 atom stereocenters. The molecule has 1 N–H and O–H groups in total. The molecule has 0 unspecified atom stereocenters. The maximum Gasteiger partial charge on any atom is 0.247 e. The zero-order valence-electron chi connectivity index (χ0n) is 14.9. The summed E-state index contributed by atoms with van der Waals surface area (Å²) in [7, 11) is 4.21. The van der Waals surface area contributed by atoms with Gasteiger partial charge in [-0.25, -0.2) is 0 Å². The van der Waals surface area contributed by atoms with Gasteiger partial charge in [-0.2, -0.15) is 5.10 Å². The summed E-state index contributed by atoms with van der Waals surface area (Å²) in [4.78, 5) is 20.9. The van der Waals surface area contributed by atoms with Crippen LogP contribution in [0.1, 0.15) is 19.3 Å². The predicted molar refractivity (Wildman–Crippen MR) is 95.3 cm³/mol. The highest BCUT2D eigenvalue weighted by molar-refractivity contribution is 6.12. The third-order valence-corrected chi connectivity index (χ3v) is 4.06. The number of nitrogens with zero attached hydrogens (tertiary/aromatic N) is 5. The van der Waals surface area contributed by atoms with E-state index in [9.17, 15) is 4.79 Å². The van der Waals surface area contributed by atoms with Gasteiger partial charge in [0.1, 0.15) is 0 Å². The first-order valence-corrected chi connectivity index (χ1v) is 8.74. The smallest absolute Gasteiger partial charge is 0.247 e. The summed E-state index contributed by atoms with van der Waals surface area (Å²) < 4.78 is 0. The van der Waals surface area contributed by atoms with Gasteiger partial charge in [-0.05, 0) is 46.4 Å². The van der Waals surface area contributed by atoms with Gasteiger partial charge in [-0.1, -0.05) is 0 Å². The summed E-state index contributed by atoms with van der Waals surface area (Å²) >= 11 is 0. The van der Waals surface area contributed by atoms with E-state index in [-0.39, 0.29) is 0 Å². The van der Waals surface area contributed by atoms with Gasteiger partial charge in [-0.3, -0.25) is 4.79 Å². The van der Waals surface area contributed by atoms with Crippen molar-refractivity contribution < 1.29 is 9.63 Å². The van der Waals surface area contributed by atoms with E-state index in [2.05, 4.69) is 39.4 Å². The number of piperazine rings is 1. The molecule has 0 bridgehead atoms. The van der Waals surface area contributed by atoms with Gasteiger partial charge >= 0.3 is 0 Å². The van der Waals surface area contributed by atoms with Crippen molar-refractivity contribution in [1.29, 1.82) is 0 Å². The minimum atomic E-state index is 0.515. The van der Waals surface area contributed by atoms with Gasteiger partial charge in [0.05, 0.1) is 12.8 Å². The van der Waals surface area contributed by atoms with Crippen LogP contribution in [0.4, 0.5) is 0 Å². The van der Waals surface area contributed by atoms with Crippen molar-refractivity contribution in [3.8, 4) is 0 Å². The Kier molecular flexibility index (Phi) is 8.31. The van der Waals surface area contributed by atoms with E-state index in [4.69, 9.17) is 4.84 Å². The van der Waals surface area contributed by atoms with Crippen molar-refractivity contribution >= 4 is 18.4 Å². The first-order chi connectivity index (χ1) is 11.7. The lowest BCUT2D eigenvalue weighted by Crippen LogP contribution is -2.48. The molecule has 1 aliphatic carbocycles. The highest BCUT2D eigenvalue weighted by atomic mass is 16.7. The van der Waals surface area contributed by atoms with Crippen LogP contribution in [0.5, 0.6) is 0 Å². The van der Waals surface area contributed by atoms with E-state index < -0.39 is 0 Å². The summed E-state index contributed by atoms with van der Waals surface area (Å²) in [6.07, 6.45) is 5.34. The van der Waals surface area contributed by atoms with Crippen molar-refractivity contribution in [2.75, 3.05) is 59.9 Å². The van der Waals surface area contributed by atoms with Crippen LogP contribution in [0, 0.1) is 0 Å². The molecular weight excluding hydrogens is 308 g/mol. The number of hydroxylamine groups is 2. The van der Waals surface area contributed by atoms with Crippen molar-refractivity contribution in [2.24, 2.45) is 10.2 Å². The standard InChI is InChI=1S/C16H30N6O2/c1-20(2)7-3-8-21-9-11-22(12-10-21)24-16(19-18-6-13-23)14-17-15-4-5-15/h6,13,15,17H,3-5,7-12,14H2,1-2H3/b18-6+,19-16-. The molecule has 1 saturated carbocycles. The quantitative estimate of drug-likeness (QED) is 0.258. The fraction of sp³-hybridized carbons (Fsp3) is 0.812. The van der Waals surface area contributed by atoms with Crippen molar-refractivity contribution in [2.45, 2.75) is 25.3 Å². The summed E-state index contributed by atoms with van der Waals surface area (Å²) in [6, 6.07) is 0.572. The fourth-order valence-corrected chi connectivity index (χ4v) is 2.53. The minimum Gasteiger partial charge on any atom is -0.387 e. The average molecular weight is 338 g/mol.